The van der Waals surface area contributed by atoms with Gasteiger partial charge in [0.1, 0.15) is 5.75 Å². The van der Waals surface area contributed by atoms with Crippen LogP contribution in [0, 0.1) is 5.92 Å². The topological polar surface area (TPSA) is 55.6 Å². The molecule has 0 bridgehead atoms. The second kappa shape index (κ2) is 6.64. The number of likely N-dealkylation sites (tertiary alicyclic amines) is 1. The van der Waals surface area contributed by atoms with Gasteiger partial charge in [-0.25, -0.2) is 0 Å². The first-order chi connectivity index (χ1) is 9.56. The lowest BCUT2D eigenvalue weighted by Gasteiger charge is -2.36. The van der Waals surface area contributed by atoms with Gasteiger partial charge in [-0.2, -0.15) is 0 Å². The van der Waals surface area contributed by atoms with Gasteiger partial charge in [0, 0.05) is 24.3 Å². The van der Waals surface area contributed by atoms with Gasteiger partial charge in [-0.05, 0) is 37.8 Å². The van der Waals surface area contributed by atoms with Gasteiger partial charge >= 0.3 is 0 Å². The maximum atomic E-state index is 12.2. The lowest BCUT2D eigenvalue weighted by atomic mass is 9.95. The maximum Gasteiger partial charge on any atom is 0.226 e. The summed E-state index contributed by atoms with van der Waals surface area (Å²) in [6, 6.07) is 7.64. The molecule has 2 unspecified atom stereocenters. The number of nitrogens with two attached hydrogens (primary N) is 1. The Bertz CT molecular complexity index is 462. The fourth-order valence-corrected chi connectivity index (χ4v) is 2.64. The third-order valence-electron chi connectivity index (χ3n) is 3.88. The molecule has 2 atom stereocenters. The standard InChI is InChI=1S/C16H24N2O2/c1-12-6-7-13(2)18(11-12)16(19)8-9-20-15-5-3-4-14(17)10-15/h3-5,10,12-13H,6-9,11,17H2,1-2H3. The van der Waals surface area contributed by atoms with Crippen molar-refractivity contribution >= 4 is 11.6 Å². The maximum absolute atomic E-state index is 12.2. The van der Waals surface area contributed by atoms with E-state index in [1.54, 1.807) is 6.07 Å². The zero-order valence-corrected chi connectivity index (χ0v) is 12.3. The van der Waals surface area contributed by atoms with Crippen molar-refractivity contribution in [1.29, 1.82) is 0 Å². The Morgan fingerprint density at radius 3 is 2.95 bits per heavy atom. The lowest BCUT2D eigenvalue weighted by Crippen LogP contribution is -2.45. The zero-order chi connectivity index (χ0) is 14.5. The van der Waals surface area contributed by atoms with Gasteiger partial charge in [0.2, 0.25) is 5.91 Å². The molecule has 1 heterocycles. The molecule has 1 aromatic carbocycles. The van der Waals surface area contributed by atoms with Crippen molar-refractivity contribution in [3.8, 4) is 5.75 Å². The van der Waals surface area contributed by atoms with Crippen LogP contribution < -0.4 is 10.5 Å². The quantitative estimate of drug-likeness (QED) is 0.860. The van der Waals surface area contributed by atoms with Crippen LogP contribution in [0.2, 0.25) is 0 Å². The van der Waals surface area contributed by atoms with Gasteiger partial charge in [-0.15, -0.1) is 0 Å². The molecule has 1 amide bonds. The van der Waals surface area contributed by atoms with E-state index in [1.165, 1.54) is 6.42 Å². The number of nitrogen functional groups attached to an aromatic ring is 1. The number of carbonyl (C=O) groups excluding carboxylic acids is 1. The highest BCUT2D eigenvalue weighted by Gasteiger charge is 2.26. The molecular weight excluding hydrogens is 252 g/mol. The predicted molar refractivity (Wildman–Crippen MR) is 80.5 cm³/mol. The van der Waals surface area contributed by atoms with E-state index < -0.39 is 0 Å². The summed E-state index contributed by atoms with van der Waals surface area (Å²) in [5, 5.41) is 0. The molecule has 4 nitrogen and oxygen atoms in total. The normalized spacial score (nSPS) is 22.6. The van der Waals surface area contributed by atoms with Gasteiger partial charge in [0.15, 0.2) is 0 Å². The average molecular weight is 276 g/mol. The summed E-state index contributed by atoms with van der Waals surface area (Å²) in [5.74, 6) is 1.51. The van der Waals surface area contributed by atoms with E-state index in [4.69, 9.17) is 10.5 Å². The van der Waals surface area contributed by atoms with E-state index in [2.05, 4.69) is 13.8 Å². The van der Waals surface area contributed by atoms with Crippen molar-refractivity contribution in [2.45, 2.75) is 39.2 Å². The molecule has 1 aromatic rings. The van der Waals surface area contributed by atoms with Crippen molar-refractivity contribution in [3.05, 3.63) is 24.3 Å². The zero-order valence-electron chi connectivity index (χ0n) is 12.3. The Hall–Kier alpha value is -1.71. The van der Waals surface area contributed by atoms with Gasteiger partial charge in [-0.3, -0.25) is 4.79 Å². The third-order valence-corrected chi connectivity index (χ3v) is 3.88. The molecule has 1 aliphatic heterocycles. The molecular formula is C16H24N2O2. The predicted octanol–water partition coefficient (Wildman–Crippen LogP) is 2.68. The second-order valence-corrected chi connectivity index (χ2v) is 5.75. The van der Waals surface area contributed by atoms with Gasteiger partial charge in [0.05, 0.1) is 13.0 Å². The molecule has 1 saturated heterocycles. The fourth-order valence-electron chi connectivity index (χ4n) is 2.64. The molecule has 0 aliphatic carbocycles. The molecule has 20 heavy (non-hydrogen) atoms. The summed E-state index contributed by atoms with van der Waals surface area (Å²) in [6.45, 7) is 5.61. The van der Waals surface area contributed by atoms with Crippen LogP contribution >= 0.6 is 0 Å². The SMILES string of the molecule is CC1CCC(C)N(C(=O)CCOc2cccc(N)c2)C1. The minimum atomic E-state index is 0.188. The van der Waals surface area contributed by atoms with Crippen LogP contribution in [0.5, 0.6) is 5.75 Å². The summed E-state index contributed by atoms with van der Waals surface area (Å²) in [4.78, 5) is 14.2. The second-order valence-electron chi connectivity index (χ2n) is 5.75. The minimum absolute atomic E-state index is 0.188. The molecule has 0 aromatic heterocycles. The Balaban J connectivity index is 1.80. The average Bonchev–Trinajstić information content (AvgIpc) is 2.41. The van der Waals surface area contributed by atoms with Crippen molar-refractivity contribution < 1.29 is 9.53 Å². The van der Waals surface area contributed by atoms with Crippen LogP contribution in [0.1, 0.15) is 33.1 Å². The van der Waals surface area contributed by atoms with Crippen LogP contribution in [0.25, 0.3) is 0 Å². The Kier molecular flexibility index (Phi) is 4.88. The molecule has 1 aliphatic rings. The van der Waals surface area contributed by atoms with Gasteiger partial charge in [-0.1, -0.05) is 13.0 Å². The van der Waals surface area contributed by atoms with E-state index in [1.807, 2.05) is 23.1 Å². The molecule has 110 valence electrons. The van der Waals surface area contributed by atoms with Gasteiger partial charge < -0.3 is 15.4 Å². The largest absolute Gasteiger partial charge is 0.493 e. The number of benzene rings is 1. The summed E-state index contributed by atoms with van der Waals surface area (Å²) in [5.41, 5.74) is 6.36. The van der Waals surface area contributed by atoms with E-state index >= 15 is 0 Å². The highest BCUT2D eigenvalue weighted by atomic mass is 16.5. The third kappa shape index (κ3) is 3.89. The van der Waals surface area contributed by atoms with Crippen LogP contribution in [0.15, 0.2) is 24.3 Å². The molecule has 2 rings (SSSR count). The number of rotatable bonds is 4. The number of piperidine rings is 1. The van der Waals surface area contributed by atoms with E-state index in [0.29, 0.717) is 30.7 Å². The monoisotopic (exact) mass is 276 g/mol. The van der Waals surface area contributed by atoms with Crippen LogP contribution in [0.3, 0.4) is 0 Å². The summed E-state index contributed by atoms with van der Waals surface area (Å²) in [7, 11) is 0. The molecule has 0 saturated carbocycles. The molecule has 2 N–H and O–H groups in total. The first-order valence-corrected chi connectivity index (χ1v) is 7.34. The lowest BCUT2D eigenvalue weighted by molar-refractivity contribution is -0.135. The van der Waals surface area contributed by atoms with E-state index in [0.717, 1.165) is 18.7 Å². The van der Waals surface area contributed by atoms with Crippen molar-refractivity contribution in [2.75, 3.05) is 18.9 Å². The Morgan fingerprint density at radius 2 is 2.20 bits per heavy atom. The number of hydrogen-bond donors (Lipinski definition) is 1. The summed E-state index contributed by atoms with van der Waals surface area (Å²) in [6.07, 6.45) is 2.74. The van der Waals surface area contributed by atoms with Crippen molar-refractivity contribution in [2.24, 2.45) is 5.92 Å². The van der Waals surface area contributed by atoms with Crippen molar-refractivity contribution in [3.63, 3.8) is 0 Å². The van der Waals surface area contributed by atoms with Crippen LogP contribution in [-0.2, 0) is 4.79 Å². The molecule has 4 heteroatoms. The van der Waals surface area contributed by atoms with Crippen molar-refractivity contribution in [1.82, 2.24) is 4.90 Å². The van der Waals surface area contributed by atoms with E-state index in [-0.39, 0.29) is 5.91 Å². The number of amides is 1. The molecule has 1 fully saturated rings. The minimum Gasteiger partial charge on any atom is -0.493 e. The number of ether oxygens (including phenoxy) is 1. The first-order valence-electron chi connectivity index (χ1n) is 7.34. The number of carbonyl (C=O) groups is 1. The molecule has 0 radical (unpaired) electrons. The smallest absolute Gasteiger partial charge is 0.226 e. The van der Waals surface area contributed by atoms with Crippen LogP contribution in [0.4, 0.5) is 5.69 Å². The number of anilines is 1. The number of nitrogens with zero attached hydrogens (tertiary/aromatic N) is 1. The number of hydrogen-bond acceptors (Lipinski definition) is 3. The first kappa shape index (κ1) is 14.7. The van der Waals surface area contributed by atoms with Crippen LogP contribution in [-0.4, -0.2) is 30.0 Å². The summed E-state index contributed by atoms with van der Waals surface area (Å²) < 4.78 is 5.58. The highest BCUT2D eigenvalue weighted by molar-refractivity contribution is 5.76. The fraction of sp³-hybridized carbons (Fsp3) is 0.562. The summed E-state index contributed by atoms with van der Waals surface area (Å²) >= 11 is 0. The van der Waals surface area contributed by atoms with Gasteiger partial charge in [0.25, 0.3) is 0 Å². The van der Waals surface area contributed by atoms with E-state index in [9.17, 15) is 4.79 Å². The Labute approximate surface area is 120 Å². The highest BCUT2D eigenvalue weighted by Crippen LogP contribution is 2.22. The molecule has 0 spiro atoms. The Morgan fingerprint density at radius 1 is 1.40 bits per heavy atom.